The first-order valence-electron chi connectivity index (χ1n) is 16.2. The molecule has 14 nitrogen and oxygen atoms in total. The maximum absolute atomic E-state index is 12.8. The molecule has 14 heteroatoms. The summed E-state index contributed by atoms with van der Waals surface area (Å²) in [7, 11) is 0. The van der Waals surface area contributed by atoms with Gasteiger partial charge < -0.3 is 29.2 Å². The summed E-state index contributed by atoms with van der Waals surface area (Å²) < 4.78 is 24.0. The van der Waals surface area contributed by atoms with Crippen molar-refractivity contribution in [2.45, 2.75) is 44.7 Å². The van der Waals surface area contributed by atoms with E-state index in [1.807, 2.05) is 38.1 Å². The summed E-state index contributed by atoms with van der Waals surface area (Å²) in [6, 6.07) is 21.4. The molecule has 5 heterocycles. The summed E-state index contributed by atoms with van der Waals surface area (Å²) in [6.07, 6.45) is 6.46. The van der Waals surface area contributed by atoms with E-state index in [0.29, 0.717) is 5.69 Å². The van der Waals surface area contributed by atoms with Gasteiger partial charge in [-0.2, -0.15) is 14.9 Å². The Morgan fingerprint density at radius 1 is 0.958 bits per heavy atom. The molecule has 0 saturated carbocycles. The minimum Gasteiger partial charge on any atom is -0.618 e. The number of benzene rings is 2. The van der Waals surface area contributed by atoms with Crippen molar-refractivity contribution in [1.29, 1.82) is 0 Å². The summed E-state index contributed by atoms with van der Waals surface area (Å²) in [4.78, 5) is 21.5. The maximum Gasteiger partial charge on any atom is 0.350 e. The predicted molar refractivity (Wildman–Crippen MR) is 177 cm³/mol. The molecular weight excluding hydrogens is 614 g/mol. The van der Waals surface area contributed by atoms with E-state index in [9.17, 15) is 10.0 Å². The Morgan fingerprint density at radius 3 is 2.29 bits per heavy atom. The van der Waals surface area contributed by atoms with Crippen LogP contribution in [0.3, 0.4) is 0 Å². The van der Waals surface area contributed by atoms with Crippen LogP contribution in [-0.2, 0) is 21.8 Å². The highest BCUT2D eigenvalue weighted by Crippen LogP contribution is 2.34. The van der Waals surface area contributed by atoms with Gasteiger partial charge in [-0.1, -0.05) is 6.92 Å². The third-order valence-corrected chi connectivity index (χ3v) is 9.02. The van der Waals surface area contributed by atoms with Crippen molar-refractivity contribution < 1.29 is 18.9 Å². The summed E-state index contributed by atoms with van der Waals surface area (Å²) in [5.41, 5.74) is 3.29. The molecule has 2 aromatic carbocycles. The highest BCUT2D eigenvalue weighted by Gasteiger charge is 2.49. The summed E-state index contributed by atoms with van der Waals surface area (Å²) in [6.45, 7) is 8.25. The Hall–Kier alpha value is -5.21. The number of nitrogens with zero attached hydrogens (tertiary/aromatic N) is 9. The zero-order valence-corrected chi connectivity index (χ0v) is 27.0. The molecule has 0 bridgehead atoms. The van der Waals surface area contributed by atoms with Gasteiger partial charge in [-0.05, 0) is 67.9 Å². The lowest BCUT2D eigenvalue weighted by Gasteiger charge is -2.37. The quantitative estimate of drug-likeness (QED) is 0.155. The number of ether oxygens (including phenoxy) is 3. The number of hydrogen-bond acceptors (Lipinski definition) is 10. The van der Waals surface area contributed by atoms with Crippen molar-refractivity contribution in [1.82, 2.24) is 29.1 Å². The minimum atomic E-state index is -1.31. The summed E-state index contributed by atoms with van der Waals surface area (Å²) >= 11 is 0. The van der Waals surface area contributed by atoms with Crippen molar-refractivity contribution >= 4 is 11.4 Å². The van der Waals surface area contributed by atoms with Crippen LogP contribution < -0.4 is 25.0 Å². The van der Waals surface area contributed by atoms with Crippen LogP contribution in [0.1, 0.15) is 32.0 Å². The van der Waals surface area contributed by atoms with E-state index in [0.717, 1.165) is 60.1 Å². The van der Waals surface area contributed by atoms with Crippen LogP contribution >= 0.6 is 0 Å². The van der Waals surface area contributed by atoms with Gasteiger partial charge in [0.15, 0.2) is 6.20 Å². The Kier molecular flexibility index (Phi) is 8.82. The second-order valence-electron chi connectivity index (χ2n) is 12.1. The molecule has 3 aromatic heterocycles. The molecule has 0 aliphatic carbocycles. The number of rotatable bonds is 11. The van der Waals surface area contributed by atoms with Gasteiger partial charge in [0.05, 0.1) is 18.3 Å². The van der Waals surface area contributed by atoms with Crippen LogP contribution in [-0.4, -0.2) is 74.6 Å². The van der Waals surface area contributed by atoms with Gasteiger partial charge in [0.1, 0.15) is 44.0 Å². The summed E-state index contributed by atoms with van der Waals surface area (Å²) in [5, 5.41) is 21.1. The fraction of sp³-hybridized carbons (Fsp3) is 0.382. The highest BCUT2D eigenvalue weighted by molar-refractivity contribution is 5.54. The third-order valence-electron chi connectivity index (χ3n) is 9.02. The Labute approximate surface area is 277 Å². The van der Waals surface area contributed by atoms with Crippen LogP contribution in [0.25, 0.3) is 5.69 Å². The predicted octanol–water partition coefficient (Wildman–Crippen LogP) is 2.90. The van der Waals surface area contributed by atoms with Crippen LogP contribution in [0.15, 0.2) is 96.7 Å². The molecule has 48 heavy (non-hydrogen) atoms. The van der Waals surface area contributed by atoms with Crippen molar-refractivity contribution in [3.63, 3.8) is 0 Å². The van der Waals surface area contributed by atoms with E-state index in [1.54, 1.807) is 40.1 Å². The van der Waals surface area contributed by atoms with Crippen molar-refractivity contribution in [3.8, 4) is 11.4 Å². The molecule has 0 N–H and O–H groups in total. The second-order valence-corrected chi connectivity index (χ2v) is 12.1. The summed E-state index contributed by atoms with van der Waals surface area (Å²) in [5.74, 6) is -0.586. The molecule has 0 spiro atoms. The van der Waals surface area contributed by atoms with Gasteiger partial charge in [0, 0.05) is 49.7 Å². The van der Waals surface area contributed by atoms with Crippen molar-refractivity contribution in [2.24, 2.45) is 0 Å². The topological polar surface area (TPSA) is 132 Å². The molecule has 2 saturated heterocycles. The smallest absolute Gasteiger partial charge is 0.350 e. The Bertz CT molecular complexity index is 1850. The molecule has 3 atom stereocenters. The molecule has 0 radical (unpaired) electrons. The second kappa shape index (κ2) is 13.5. The van der Waals surface area contributed by atoms with Crippen LogP contribution in [0, 0.1) is 5.21 Å². The van der Waals surface area contributed by atoms with Gasteiger partial charge >= 0.3 is 5.69 Å². The SMILES string of the molecule is CC[C@@H](C)n1ncn(-c2ccc(N3CCN(c4ccc(OC[C@H]5CO[C@](Cn6cncn6)(c6cccc[n+]6[O-])O5)cc4)CC3)cc2)c1=O. The zero-order valence-electron chi connectivity index (χ0n) is 27.0. The van der Waals surface area contributed by atoms with E-state index in [4.69, 9.17) is 14.2 Å². The van der Waals surface area contributed by atoms with Gasteiger partial charge in [0.25, 0.3) is 11.5 Å². The zero-order chi connectivity index (χ0) is 33.1. The number of hydrogen-bond donors (Lipinski definition) is 0. The largest absolute Gasteiger partial charge is 0.618 e. The maximum atomic E-state index is 12.8. The fourth-order valence-corrected chi connectivity index (χ4v) is 6.15. The monoisotopic (exact) mass is 653 g/mol. The number of aromatic nitrogens is 7. The van der Waals surface area contributed by atoms with Crippen molar-refractivity contribution in [2.75, 3.05) is 49.2 Å². The van der Waals surface area contributed by atoms with E-state index in [2.05, 4.69) is 49.2 Å². The first-order valence-corrected chi connectivity index (χ1v) is 16.2. The van der Waals surface area contributed by atoms with E-state index < -0.39 is 5.79 Å². The first kappa shape index (κ1) is 31.4. The number of pyridine rings is 1. The fourth-order valence-electron chi connectivity index (χ4n) is 6.15. The minimum absolute atomic E-state index is 0.0624. The molecule has 2 aliphatic heterocycles. The van der Waals surface area contributed by atoms with Gasteiger partial charge in [0.2, 0.25) is 0 Å². The molecule has 0 amide bonds. The van der Waals surface area contributed by atoms with Gasteiger partial charge in [-0.3, -0.25) is 0 Å². The lowest BCUT2D eigenvalue weighted by Crippen LogP contribution is -2.46. The molecular formula is C34H39N9O5. The van der Waals surface area contributed by atoms with E-state index in [-0.39, 0.29) is 37.6 Å². The van der Waals surface area contributed by atoms with E-state index >= 15 is 0 Å². The Balaban J connectivity index is 0.921. The van der Waals surface area contributed by atoms with Gasteiger partial charge in [-0.15, -0.1) is 0 Å². The van der Waals surface area contributed by atoms with Crippen LogP contribution in [0.5, 0.6) is 5.75 Å². The lowest BCUT2D eigenvalue weighted by atomic mass is 10.1. The average Bonchev–Trinajstić information content (AvgIpc) is 3.89. The molecule has 5 aromatic rings. The molecule has 2 fully saturated rings. The molecule has 0 unspecified atom stereocenters. The first-order chi connectivity index (χ1) is 23.4. The van der Waals surface area contributed by atoms with E-state index in [1.165, 1.54) is 17.2 Å². The standard InChI is InChI=1S/C34H39N9O5/c1-3-26(2)43-33(44)41(25-37-43)29-9-7-27(8-10-29)38-16-18-39(19-17-38)28-11-13-30(14-12-28)46-20-31-21-47-34(48-31,22-40-24-35-23-36-40)32-6-4-5-15-42(32)45/h4-15,23-26,31H,3,16-22H2,1-2H3/t26-,31+,34+/m1/s1. The van der Waals surface area contributed by atoms with Crippen molar-refractivity contribution in [3.05, 3.63) is 113 Å². The molecule has 250 valence electrons. The number of piperazine rings is 1. The molecule has 2 aliphatic rings. The molecule has 7 rings (SSSR count). The van der Waals surface area contributed by atoms with Gasteiger partial charge in [-0.25, -0.2) is 23.7 Å². The van der Waals surface area contributed by atoms with Crippen LogP contribution in [0.4, 0.5) is 11.4 Å². The third kappa shape index (κ3) is 6.36. The van der Waals surface area contributed by atoms with Crippen LogP contribution in [0.2, 0.25) is 0 Å². The average molecular weight is 654 g/mol. The normalized spacial score (nSPS) is 20.2. The lowest BCUT2D eigenvalue weighted by molar-refractivity contribution is -0.629. The number of anilines is 2. The Morgan fingerprint density at radius 2 is 1.65 bits per heavy atom. The highest BCUT2D eigenvalue weighted by atomic mass is 16.8.